The summed E-state index contributed by atoms with van der Waals surface area (Å²) < 4.78 is 1.76. The molecule has 3 aromatic rings. The summed E-state index contributed by atoms with van der Waals surface area (Å²) in [5.41, 5.74) is 4.04. The zero-order valence-electron chi connectivity index (χ0n) is 10.4. The number of hydrogen-bond acceptors (Lipinski definition) is 2. The van der Waals surface area contributed by atoms with Crippen LogP contribution in [0.25, 0.3) is 16.8 Å². The Labute approximate surface area is 111 Å². The molecule has 94 valence electrons. The van der Waals surface area contributed by atoms with Gasteiger partial charge in [-0.1, -0.05) is 42.5 Å². The standard InChI is InChI=1S/C16H14N2O/c19-12-15-10-11-18(17-15)16-8-6-14(7-9-16)13-4-2-1-3-5-13/h1-11,19H,12H2. The summed E-state index contributed by atoms with van der Waals surface area (Å²) in [7, 11) is 0. The largest absolute Gasteiger partial charge is 0.390 e. The van der Waals surface area contributed by atoms with E-state index in [0.717, 1.165) is 5.69 Å². The first kappa shape index (κ1) is 11.7. The zero-order valence-corrected chi connectivity index (χ0v) is 10.4. The number of aliphatic hydroxyl groups excluding tert-OH is 1. The van der Waals surface area contributed by atoms with Gasteiger partial charge < -0.3 is 5.11 Å². The van der Waals surface area contributed by atoms with Gasteiger partial charge in [-0.05, 0) is 29.3 Å². The highest BCUT2D eigenvalue weighted by molar-refractivity contribution is 5.64. The molecule has 0 aliphatic rings. The minimum Gasteiger partial charge on any atom is -0.390 e. The molecule has 0 amide bonds. The number of aromatic nitrogens is 2. The monoisotopic (exact) mass is 250 g/mol. The van der Waals surface area contributed by atoms with Gasteiger partial charge in [-0.15, -0.1) is 0 Å². The molecule has 0 aliphatic heterocycles. The lowest BCUT2D eigenvalue weighted by molar-refractivity contribution is 0.276. The summed E-state index contributed by atoms with van der Waals surface area (Å²) in [4.78, 5) is 0. The molecule has 0 spiro atoms. The van der Waals surface area contributed by atoms with Gasteiger partial charge in [0.2, 0.25) is 0 Å². The van der Waals surface area contributed by atoms with Crippen molar-refractivity contribution in [3.8, 4) is 16.8 Å². The third-order valence-electron chi connectivity index (χ3n) is 3.05. The first-order valence-electron chi connectivity index (χ1n) is 6.18. The molecule has 0 fully saturated rings. The van der Waals surface area contributed by atoms with Crippen molar-refractivity contribution >= 4 is 0 Å². The quantitative estimate of drug-likeness (QED) is 0.776. The number of nitrogens with zero attached hydrogens (tertiary/aromatic N) is 2. The fourth-order valence-electron chi connectivity index (χ4n) is 2.03. The molecule has 0 unspecified atom stereocenters. The van der Waals surface area contributed by atoms with Crippen LogP contribution < -0.4 is 0 Å². The van der Waals surface area contributed by atoms with E-state index in [4.69, 9.17) is 5.11 Å². The Bertz CT molecular complexity index is 657. The van der Waals surface area contributed by atoms with Gasteiger partial charge in [0.1, 0.15) is 0 Å². The van der Waals surface area contributed by atoms with E-state index in [1.54, 1.807) is 4.68 Å². The van der Waals surface area contributed by atoms with Gasteiger partial charge in [-0.25, -0.2) is 4.68 Å². The van der Waals surface area contributed by atoms with Crippen molar-refractivity contribution < 1.29 is 5.11 Å². The van der Waals surface area contributed by atoms with Crippen molar-refractivity contribution in [2.75, 3.05) is 0 Å². The molecule has 1 heterocycles. The average Bonchev–Trinajstić information content (AvgIpc) is 2.97. The van der Waals surface area contributed by atoms with E-state index in [1.807, 2.05) is 42.6 Å². The highest BCUT2D eigenvalue weighted by Crippen LogP contribution is 2.20. The molecule has 3 nitrogen and oxygen atoms in total. The van der Waals surface area contributed by atoms with E-state index >= 15 is 0 Å². The summed E-state index contributed by atoms with van der Waals surface area (Å²) in [6.45, 7) is -0.0326. The van der Waals surface area contributed by atoms with Crippen molar-refractivity contribution in [1.29, 1.82) is 0 Å². The SMILES string of the molecule is OCc1ccn(-c2ccc(-c3ccccc3)cc2)n1. The Morgan fingerprint density at radius 3 is 2.16 bits per heavy atom. The summed E-state index contributed by atoms with van der Waals surface area (Å²) in [6, 6.07) is 20.3. The van der Waals surface area contributed by atoms with Gasteiger partial charge in [0, 0.05) is 6.20 Å². The minimum atomic E-state index is -0.0326. The molecule has 1 aromatic heterocycles. The van der Waals surface area contributed by atoms with E-state index in [1.165, 1.54) is 11.1 Å². The topological polar surface area (TPSA) is 38.0 Å². The fraction of sp³-hybridized carbons (Fsp3) is 0.0625. The first-order valence-corrected chi connectivity index (χ1v) is 6.18. The highest BCUT2D eigenvalue weighted by atomic mass is 16.3. The van der Waals surface area contributed by atoms with Crippen LogP contribution in [0.15, 0.2) is 66.9 Å². The van der Waals surface area contributed by atoms with Gasteiger partial charge >= 0.3 is 0 Å². The molecule has 0 radical (unpaired) electrons. The molecule has 19 heavy (non-hydrogen) atoms. The van der Waals surface area contributed by atoms with Gasteiger partial charge in [-0.2, -0.15) is 5.10 Å². The van der Waals surface area contributed by atoms with Crippen molar-refractivity contribution in [1.82, 2.24) is 9.78 Å². The number of rotatable bonds is 3. The Kier molecular flexibility index (Phi) is 3.12. The molecule has 0 bridgehead atoms. The van der Waals surface area contributed by atoms with Crippen molar-refractivity contribution in [2.24, 2.45) is 0 Å². The van der Waals surface area contributed by atoms with Crippen LogP contribution in [0.3, 0.4) is 0 Å². The number of aliphatic hydroxyl groups is 1. The lowest BCUT2D eigenvalue weighted by Gasteiger charge is -2.04. The average molecular weight is 250 g/mol. The maximum absolute atomic E-state index is 9.01. The molecule has 0 saturated heterocycles. The smallest absolute Gasteiger partial charge is 0.0883 e. The van der Waals surface area contributed by atoms with Crippen LogP contribution in [0.1, 0.15) is 5.69 Å². The fourth-order valence-corrected chi connectivity index (χ4v) is 2.03. The Morgan fingerprint density at radius 2 is 1.53 bits per heavy atom. The van der Waals surface area contributed by atoms with Crippen LogP contribution in [-0.4, -0.2) is 14.9 Å². The molecule has 0 atom stereocenters. The summed E-state index contributed by atoms with van der Waals surface area (Å²) in [5, 5.41) is 13.3. The second-order valence-electron chi connectivity index (χ2n) is 4.32. The van der Waals surface area contributed by atoms with Crippen LogP contribution >= 0.6 is 0 Å². The van der Waals surface area contributed by atoms with Crippen LogP contribution in [0.2, 0.25) is 0 Å². The van der Waals surface area contributed by atoms with Crippen LogP contribution in [0, 0.1) is 0 Å². The molecular weight excluding hydrogens is 236 g/mol. The van der Waals surface area contributed by atoms with Gasteiger partial charge in [-0.3, -0.25) is 0 Å². The van der Waals surface area contributed by atoms with E-state index in [2.05, 4.69) is 29.4 Å². The lowest BCUT2D eigenvalue weighted by Crippen LogP contribution is -1.95. The van der Waals surface area contributed by atoms with Crippen LogP contribution in [-0.2, 0) is 6.61 Å². The molecule has 3 heteroatoms. The van der Waals surface area contributed by atoms with Crippen molar-refractivity contribution in [2.45, 2.75) is 6.61 Å². The van der Waals surface area contributed by atoms with Crippen molar-refractivity contribution in [3.05, 3.63) is 72.6 Å². The normalized spacial score (nSPS) is 10.6. The Hall–Kier alpha value is -2.39. The number of hydrogen-bond donors (Lipinski definition) is 1. The second kappa shape index (κ2) is 5.08. The third kappa shape index (κ3) is 2.41. The summed E-state index contributed by atoms with van der Waals surface area (Å²) >= 11 is 0. The Morgan fingerprint density at radius 1 is 0.842 bits per heavy atom. The van der Waals surface area contributed by atoms with Gasteiger partial charge in [0.05, 0.1) is 18.0 Å². The predicted octanol–water partition coefficient (Wildman–Crippen LogP) is 3.03. The zero-order chi connectivity index (χ0) is 13.1. The van der Waals surface area contributed by atoms with E-state index in [-0.39, 0.29) is 6.61 Å². The summed E-state index contributed by atoms with van der Waals surface area (Å²) in [6.07, 6.45) is 1.85. The van der Waals surface area contributed by atoms with E-state index < -0.39 is 0 Å². The maximum atomic E-state index is 9.01. The molecule has 0 aliphatic carbocycles. The lowest BCUT2D eigenvalue weighted by atomic mass is 10.1. The Balaban J connectivity index is 1.90. The molecule has 2 aromatic carbocycles. The first-order chi connectivity index (χ1) is 9.36. The van der Waals surface area contributed by atoms with Crippen LogP contribution in [0.5, 0.6) is 0 Å². The van der Waals surface area contributed by atoms with Crippen molar-refractivity contribution in [3.63, 3.8) is 0 Å². The minimum absolute atomic E-state index is 0.0326. The second-order valence-corrected chi connectivity index (χ2v) is 4.32. The molecule has 0 saturated carbocycles. The highest BCUT2D eigenvalue weighted by Gasteiger charge is 2.01. The van der Waals surface area contributed by atoms with E-state index in [9.17, 15) is 0 Å². The predicted molar refractivity (Wildman–Crippen MR) is 74.9 cm³/mol. The van der Waals surface area contributed by atoms with Gasteiger partial charge in [0.25, 0.3) is 0 Å². The van der Waals surface area contributed by atoms with Gasteiger partial charge in [0.15, 0.2) is 0 Å². The van der Waals surface area contributed by atoms with E-state index in [0.29, 0.717) is 5.69 Å². The van der Waals surface area contributed by atoms with Crippen LogP contribution in [0.4, 0.5) is 0 Å². The third-order valence-corrected chi connectivity index (χ3v) is 3.05. The maximum Gasteiger partial charge on any atom is 0.0883 e. The number of benzene rings is 2. The molecular formula is C16H14N2O. The molecule has 3 rings (SSSR count). The molecule has 1 N–H and O–H groups in total. The summed E-state index contributed by atoms with van der Waals surface area (Å²) in [5.74, 6) is 0.